The van der Waals surface area contributed by atoms with Gasteiger partial charge in [-0.25, -0.2) is 4.68 Å². The highest BCUT2D eigenvalue weighted by Gasteiger charge is 2.17. The topological polar surface area (TPSA) is 106 Å². The SMILES string of the molecule is Nc1nc(N2CCOCC2)nn1CC(=O)O. The number of anilines is 2. The third kappa shape index (κ3) is 2.22. The third-order valence-corrected chi connectivity index (χ3v) is 2.27. The summed E-state index contributed by atoms with van der Waals surface area (Å²) in [5.41, 5.74) is 5.56. The highest BCUT2D eigenvalue weighted by atomic mass is 16.5. The molecule has 16 heavy (non-hydrogen) atoms. The number of morpholine rings is 1. The van der Waals surface area contributed by atoms with Gasteiger partial charge in [0.25, 0.3) is 0 Å². The Hall–Kier alpha value is -1.83. The van der Waals surface area contributed by atoms with Crippen LogP contribution in [0.5, 0.6) is 0 Å². The fourth-order valence-corrected chi connectivity index (χ4v) is 1.48. The van der Waals surface area contributed by atoms with Crippen LogP contribution in [0, 0.1) is 0 Å². The summed E-state index contributed by atoms with van der Waals surface area (Å²) in [5, 5.41) is 12.7. The lowest BCUT2D eigenvalue weighted by atomic mass is 10.4. The number of nitrogens with two attached hydrogens (primary N) is 1. The molecule has 0 radical (unpaired) electrons. The lowest BCUT2D eigenvalue weighted by molar-refractivity contribution is -0.137. The van der Waals surface area contributed by atoms with Crippen LogP contribution >= 0.6 is 0 Å². The van der Waals surface area contributed by atoms with Gasteiger partial charge in [0.2, 0.25) is 11.9 Å². The van der Waals surface area contributed by atoms with Gasteiger partial charge in [0.1, 0.15) is 6.54 Å². The number of carboxylic acids is 1. The Kier molecular flexibility index (Phi) is 2.91. The average Bonchev–Trinajstić information content (AvgIpc) is 2.61. The van der Waals surface area contributed by atoms with Crippen molar-refractivity contribution in [1.29, 1.82) is 0 Å². The number of nitrogen functional groups attached to an aromatic ring is 1. The fraction of sp³-hybridized carbons (Fsp3) is 0.625. The second-order valence-electron chi connectivity index (χ2n) is 3.42. The van der Waals surface area contributed by atoms with Crippen molar-refractivity contribution >= 4 is 17.9 Å². The van der Waals surface area contributed by atoms with Crippen LogP contribution in [0.15, 0.2) is 0 Å². The summed E-state index contributed by atoms with van der Waals surface area (Å²) in [4.78, 5) is 16.5. The monoisotopic (exact) mass is 227 g/mol. The molecule has 8 nitrogen and oxygen atoms in total. The summed E-state index contributed by atoms with van der Waals surface area (Å²) >= 11 is 0. The summed E-state index contributed by atoms with van der Waals surface area (Å²) < 4.78 is 6.37. The normalized spacial score (nSPS) is 16.4. The van der Waals surface area contributed by atoms with Gasteiger partial charge < -0.3 is 20.5 Å². The molecular weight excluding hydrogens is 214 g/mol. The maximum Gasteiger partial charge on any atom is 0.325 e. The minimum atomic E-state index is -0.995. The molecule has 0 bridgehead atoms. The number of rotatable bonds is 3. The van der Waals surface area contributed by atoms with Crippen molar-refractivity contribution in [2.24, 2.45) is 0 Å². The van der Waals surface area contributed by atoms with Gasteiger partial charge in [-0.2, -0.15) is 4.98 Å². The highest BCUT2D eigenvalue weighted by Crippen LogP contribution is 2.12. The van der Waals surface area contributed by atoms with Gasteiger partial charge in [-0.1, -0.05) is 0 Å². The van der Waals surface area contributed by atoms with Crippen molar-refractivity contribution in [3.05, 3.63) is 0 Å². The van der Waals surface area contributed by atoms with Gasteiger partial charge in [-0.05, 0) is 0 Å². The first kappa shape index (κ1) is 10.7. The average molecular weight is 227 g/mol. The Morgan fingerprint density at radius 3 is 2.81 bits per heavy atom. The third-order valence-electron chi connectivity index (χ3n) is 2.27. The molecular formula is C8H13N5O3. The van der Waals surface area contributed by atoms with Crippen molar-refractivity contribution in [3.8, 4) is 0 Å². The number of carbonyl (C=O) groups is 1. The van der Waals surface area contributed by atoms with Crippen LogP contribution in [0.1, 0.15) is 0 Å². The molecule has 2 heterocycles. The molecule has 2 rings (SSSR count). The van der Waals surface area contributed by atoms with Crippen LogP contribution in [-0.2, 0) is 16.1 Å². The Morgan fingerprint density at radius 1 is 1.50 bits per heavy atom. The van der Waals surface area contributed by atoms with Crippen molar-refractivity contribution in [1.82, 2.24) is 14.8 Å². The Labute approximate surface area is 91.6 Å². The smallest absolute Gasteiger partial charge is 0.325 e. The van der Waals surface area contributed by atoms with E-state index >= 15 is 0 Å². The van der Waals surface area contributed by atoms with Crippen LogP contribution in [0.3, 0.4) is 0 Å². The molecule has 0 unspecified atom stereocenters. The molecule has 1 saturated heterocycles. The predicted octanol–water partition coefficient (Wildman–Crippen LogP) is -1.22. The zero-order valence-corrected chi connectivity index (χ0v) is 8.67. The first-order valence-electron chi connectivity index (χ1n) is 4.91. The van der Waals surface area contributed by atoms with Gasteiger partial charge in [0.05, 0.1) is 13.2 Å². The summed E-state index contributed by atoms with van der Waals surface area (Å²) in [6.45, 7) is 2.34. The number of ether oxygens (including phenoxy) is 1. The summed E-state index contributed by atoms with van der Waals surface area (Å²) in [5.74, 6) is -0.420. The van der Waals surface area contributed by atoms with Crippen LogP contribution in [0.25, 0.3) is 0 Å². The Bertz CT molecular complexity index is 385. The van der Waals surface area contributed by atoms with Gasteiger partial charge in [0, 0.05) is 13.1 Å². The quantitative estimate of drug-likeness (QED) is 0.666. The van der Waals surface area contributed by atoms with E-state index < -0.39 is 5.97 Å². The van der Waals surface area contributed by atoms with Gasteiger partial charge in [0.15, 0.2) is 0 Å². The fourth-order valence-electron chi connectivity index (χ4n) is 1.48. The van der Waals surface area contributed by atoms with E-state index in [0.717, 1.165) is 0 Å². The number of carboxylic acid groups (broad SMARTS) is 1. The molecule has 1 fully saturated rings. The van der Waals surface area contributed by atoms with E-state index in [1.54, 1.807) is 0 Å². The number of aliphatic carboxylic acids is 1. The molecule has 0 aromatic carbocycles. The van der Waals surface area contributed by atoms with Crippen molar-refractivity contribution in [2.75, 3.05) is 36.9 Å². The van der Waals surface area contributed by atoms with E-state index in [1.165, 1.54) is 4.68 Å². The molecule has 88 valence electrons. The summed E-state index contributed by atoms with van der Waals surface area (Å²) in [7, 11) is 0. The van der Waals surface area contributed by atoms with E-state index in [1.807, 2.05) is 4.90 Å². The molecule has 1 aliphatic rings. The van der Waals surface area contributed by atoms with E-state index in [0.29, 0.717) is 32.3 Å². The minimum Gasteiger partial charge on any atom is -0.480 e. The van der Waals surface area contributed by atoms with Crippen molar-refractivity contribution in [3.63, 3.8) is 0 Å². The standard InChI is InChI=1S/C8H13N5O3/c9-7-10-8(11-13(7)5-6(14)15)12-1-3-16-4-2-12/h1-5H2,(H,14,15)(H2,9,10,11). The van der Waals surface area contributed by atoms with Crippen LogP contribution in [-0.4, -0.2) is 52.1 Å². The second kappa shape index (κ2) is 4.35. The van der Waals surface area contributed by atoms with Gasteiger partial charge in [-0.15, -0.1) is 5.10 Å². The minimum absolute atomic E-state index is 0.115. The molecule has 1 aromatic heterocycles. The zero-order chi connectivity index (χ0) is 11.5. The maximum absolute atomic E-state index is 10.5. The summed E-state index contributed by atoms with van der Waals surface area (Å²) in [6.07, 6.45) is 0. The van der Waals surface area contributed by atoms with Gasteiger partial charge in [-0.3, -0.25) is 4.79 Å². The lowest BCUT2D eigenvalue weighted by Crippen LogP contribution is -2.37. The molecule has 8 heteroatoms. The highest BCUT2D eigenvalue weighted by molar-refractivity contribution is 5.66. The van der Waals surface area contributed by atoms with E-state index in [4.69, 9.17) is 15.6 Å². The largest absolute Gasteiger partial charge is 0.480 e. The number of aromatic nitrogens is 3. The molecule has 0 spiro atoms. The summed E-state index contributed by atoms with van der Waals surface area (Å²) in [6, 6.07) is 0. The molecule has 3 N–H and O–H groups in total. The molecule has 0 atom stereocenters. The first-order valence-corrected chi connectivity index (χ1v) is 4.91. The molecule has 0 aliphatic carbocycles. The molecule has 1 aliphatic heterocycles. The number of nitrogens with zero attached hydrogens (tertiary/aromatic N) is 4. The molecule has 0 saturated carbocycles. The Morgan fingerprint density at radius 2 is 2.19 bits per heavy atom. The van der Waals surface area contributed by atoms with E-state index in [9.17, 15) is 4.79 Å². The molecule has 1 aromatic rings. The van der Waals surface area contributed by atoms with Crippen molar-refractivity contribution in [2.45, 2.75) is 6.54 Å². The van der Waals surface area contributed by atoms with Crippen LogP contribution in [0.2, 0.25) is 0 Å². The van der Waals surface area contributed by atoms with Crippen LogP contribution < -0.4 is 10.6 Å². The second-order valence-corrected chi connectivity index (χ2v) is 3.42. The number of hydrogen-bond donors (Lipinski definition) is 2. The Balaban J connectivity index is 2.12. The van der Waals surface area contributed by atoms with Crippen LogP contribution in [0.4, 0.5) is 11.9 Å². The van der Waals surface area contributed by atoms with E-state index in [2.05, 4.69) is 10.1 Å². The predicted molar refractivity (Wildman–Crippen MR) is 55.1 cm³/mol. The first-order chi connectivity index (χ1) is 7.66. The maximum atomic E-state index is 10.5. The number of hydrogen-bond acceptors (Lipinski definition) is 6. The molecule has 0 amide bonds. The van der Waals surface area contributed by atoms with E-state index in [-0.39, 0.29) is 12.5 Å². The lowest BCUT2D eigenvalue weighted by Gasteiger charge is -2.25. The van der Waals surface area contributed by atoms with Gasteiger partial charge >= 0.3 is 5.97 Å². The zero-order valence-electron chi connectivity index (χ0n) is 8.67. The van der Waals surface area contributed by atoms with Crippen molar-refractivity contribution < 1.29 is 14.6 Å².